The van der Waals surface area contributed by atoms with E-state index in [0.29, 0.717) is 6.54 Å². The standard InChI is InChI=1S/C21H22N4OS/c1-14-8-20(18-4-2-3-5-19(18)23-14)24-9-15-6-7-17(11-24)25(21(15)26)10-16-12-27-13-22-16/h2-5,8,12-13,15,17H,6-7,9-11H2,1H3/t15-,17+/m1/s1. The van der Waals surface area contributed by atoms with Gasteiger partial charge < -0.3 is 9.80 Å². The van der Waals surface area contributed by atoms with Crippen LogP contribution >= 0.6 is 11.3 Å². The summed E-state index contributed by atoms with van der Waals surface area (Å²) in [5.41, 5.74) is 6.09. The first kappa shape index (κ1) is 16.7. The number of aromatic nitrogens is 2. The number of amides is 1. The monoisotopic (exact) mass is 378 g/mol. The highest BCUT2D eigenvalue weighted by atomic mass is 32.1. The van der Waals surface area contributed by atoms with Gasteiger partial charge in [-0.25, -0.2) is 4.98 Å². The van der Waals surface area contributed by atoms with Crippen molar-refractivity contribution in [2.75, 3.05) is 18.0 Å². The molecule has 3 aromatic rings. The Morgan fingerprint density at radius 1 is 1.22 bits per heavy atom. The summed E-state index contributed by atoms with van der Waals surface area (Å²) in [6, 6.07) is 10.7. The molecule has 5 heterocycles. The maximum atomic E-state index is 13.1. The number of piperidine rings is 1. The van der Waals surface area contributed by atoms with E-state index in [1.807, 2.05) is 23.9 Å². The number of hydrogen-bond donors (Lipinski definition) is 0. The predicted molar refractivity (Wildman–Crippen MR) is 108 cm³/mol. The molecule has 3 saturated heterocycles. The van der Waals surface area contributed by atoms with Crippen molar-refractivity contribution in [3.63, 3.8) is 0 Å². The minimum absolute atomic E-state index is 0.0645. The highest BCUT2D eigenvalue weighted by Crippen LogP contribution is 2.35. The highest BCUT2D eigenvalue weighted by Gasteiger charge is 2.41. The van der Waals surface area contributed by atoms with Crippen LogP contribution in [-0.2, 0) is 11.3 Å². The molecule has 2 aromatic heterocycles. The molecule has 2 atom stereocenters. The zero-order valence-corrected chi connectivity index (χ0v) is 16.2. The maximum absolute atomic E-state index is 13.1. The van der Waals surface area contributed by atoms with Crippen molar-refractivity contribution in [1.82, 2.24) is 14.9 Å². The lowest BCUT2D eigenvalue weighted by Crippen LogP contribution is -2.47. The fourth-order valence-corrected chi connectivity index (χ4v) is 5.03. The van der Waals surface area contributed by atoms with Gasteiger partial charge in [0.05, 0.1) is 29.2 Å². The van der Waals surface area contributed by atoms with E-state index >= 15 is 0 Å². The van der Waals surface area contributed by atoms with Crippen molar-refractivity contribution in [2.24, 2.45) is 5.92 Å². The molecular weight excluding hydrogens is 356 g/mol. The molecule has 3 aliphatic rings. The number of carbonyl (C=O) groups is 1. The number of para-hydroxylation sites is 1. The first-order chi connectivity index (χ1) is 13.2. The van der Waals surface area contributed by atoms with E-state index in [1.54, 1.807) is 11.3 Å². The molecule has 0 spiro atoms. The Bertz CT molecular complexity index is 987. The van der Waals surface area contributed by atoms with Gasteiger partial charge in [-0.2, -0.15) is 0 Å². The molecule has 6 heteroatoms. The molecule has 0 saturated carbocycles. The van der Waals surface area contributed by atoms with Crippen LogP contribution in [0.3, 0.4) is 0 Å². The molecule has 138 valence electrons. The first-order valence-electron chi connectivity index (χ1n) is 9.48. The Morgan fingerprint density at radius 3 is 2.96 bits per heavy atom. The number of hydrogen-bond acceptors (Lipinski definition) is 5. The fraction of sp³-hybridized carbons (Fsp3) is 0.381. The third-order valence-electron chi connectivity index (χ3n) is 5.77. The molecule has 0 N–H and O–H groups in total. The van der Waals surface area contributed by atoms with Crippen LogP contribution in [0.15, 0.2) is 41.2 Å². The number of carbonyl (C=O) groups excluding carboxylic acids is 1. The van der Waals surface area contributed by atoms with E-state index in [9.17, 15) is 4.79 Å². The lowest BCUT2D eigenvalue weighted by atomic mass is 9.94. The first-order valence-corrected chi connectivity index (χ1v) is 10.4. The van der Waals surface area contributed by atoms with Gasteiger partial charge in [0.2, 0.25) is 5.91 Å². The number of thiazole rings is 1. The normalized spacial score (nSPS) is 22.5. The molecule has 0 unspecified atom stereocenters. The zero-order valence-electron chi connectivity index (χ0n) is 15.3. The molecule has 3 fully saturated rings. The van der Waals surface area contributed by atoms with Crippen LogP contribution in [0.1, 0.15) is 24.2 Å². The second kappa shape index (κ2) is 6.60. The molecule has 5 nitrogen and oxygen atoms in total. The molecule has 27 heavy (non-hydrogen) atoms. The van der Waals surface area contributed by atoms with Crippen molar-refractivity contribution in [2.45, 2.75) is 32.4 Å². The van der Waals surface area contributed by atoms with Crippen molar-refractivity contribution in [3.05, 3.63) is 52.6 Å². The lowest BCUT2D eigenvalue weighted by Gasteiger charge is -2.35. The number of benzene rings is 1. The smallest absolute Gasteiger partial charge is 0.228 e. The summed E-state index contributed by atoms with van der Waals surface area (Å²) >= 11 is 1.59. The Hall–Kier alpha value is -2.47. The molecule has 0 radical (unpaired) electrons. The van der Waals surface area contributed by atoms with Crippen LogP contribution < -0.4 is 4.90 Å². The minimum Gasteiger partial charge on any atom is -0.368 e. The molecule has 1 amide bonds. The van der Waals surface area contributed by atoms with E-state index < -0.39 is 0 Å². The van der Waals surface area contributed by atoms with Gasteiger partial charge in [-0.05, 0) is 31.9 Å². The number of fused-ring (bicyclic) bond motifs is 5. The van der Waals surface area contributed by atoms with Crippen molar-refractivity contribution < 1.29 is 4.79 Å². The Balaban J connectivity index is 1.51. The number of anilines is 1. The largest absolute Gasteiger partial charge is 0.368 e. The average molecular weight is 379 g/mol. The van der Waals surface area contributed by atoms with E-state index in [2.05, 4.69) is 44.0 Å². The van der Waals surface area contributed by atoms with E-state index in [4.69, 9.17) is 0 Å². The van der Waals surface area contributed by atoms with Gasteiger partial charge in [0.25, 0.3) is 0 Å². The number of aryl methyl sites for hydroxylation is 1. The summed E-state index contributed by atoms with van der Waals surface area (Å²) in [4.78, 5) is 26.7. The van der Waals surface area contributed by atoms with Gasteiger partial charge in [0.15, 0.2) is 0 Å². The SMILES string of the molecule is Cc1cc(N2C[C@H]3CC[C@@H](C2)N(Cc2cscn2)C3=O)c2ccccc2n1. The molecule has 2 bridgehead atoms. The summed E-state index contributed by atoms with van der Waals surface area (Å²) in [5.74, 6) is 0.353. The molecular formula is C21H22N4OS. The van der Waals surface area contributed by atoms with Crippen LogP contribution in [0.4, 0.5) is 5.69 Å². The second-order valence-electron chi connectivity index (χ2n) is 7.58. The van der Waals surface area contributed by atoms with Gasteiger partial charge in [-0.3, -0.25) is 9.78 Å². The highest BCUT2D eigenvalue weighted by molar-refractivity contribution is 7.07. The second-order valence-corrected chi connectivity index (χ2v) is 8.30. The van der Waals surface area contributed by atoms with Crippen LogP contribution in [0.5, 0.6) is 0 Å². The molecule has 0 aliphatic carbocycles. The summed E-state index contributed by atoms with van der Waals surface area (Å²) < 4.78 is 0. The van der Waals surface area contributed by atoms with Crippen molar-refractivity contribution in [1.29, 1.82) is 0 Å². The Kier molecular flexibility index (Phi) is 4.08. The predicted octanol–water partition coefficient (Wildman–Crippen LogP) is 3.63. The van der Waals surface area contributed by atoms with Crippen LogP contribution in [0.25, 0.3) is 10.9 Å². The zero-order chi connectivity index (χ0) is 18.4. The third kappa shape index (κ3) is 2.98. The van der Waals surface area contributed by atoms with Gasteiger partial charge in [-0.1, -0.05) is 18.2 Å². The van der Waals surface area contributed by atoms with Gasteiger partial charge >= 0.3 is 0 Å². The summed E-state index contributed by atoms with van der Waals surface area (Å²) in [7, 11) is 0. The van der Waals surface area contributed by atoms with Crippen LogP contribution in [0, 0.1) is 12.8 Å². The summed E-state index contributed by atoms with van der Waals surface area (Å²) in [6.45, 7) is 4.34. The van der Waals surface area contributed by atoms with Crippen LogP contribution in [-0.4, -0.2) is 39.9 Å². The van der Waals surface area contributed by atoms with E-state index in [0.717, 1.165) is 42.8 Å². The van der Waals surface area contributed by atoms with Crippen molar-refractivity contribution in [3.8, 4) is 0 Å². The Morgan fingerprint density at radius 2 is 2.11 bits per heavy atom. The molecule has 6 rings (SSSR count). The van der Waals surface area contributed by atoms with Gasteiger partial charge in [0, 0.05) is 41.3 Å². The van der Waals surface area contributed by atoms with E-state index in [1.165, 1.54) is 11.1 Å². The topological polar surface area (TPSA) is 49.3 Å². The number of pyridine rings is 1. The van der Waals surface area contributed by atoms with Gasteiger partial charge in [0.1, 0.15) is 0 Å². The third-order valence-corrected chi connectivity index (χ3v) is 6.41. The molecule has 3 aliphatic heterocycles. The summed E-state index contributed by atoms with van der Waals surface area (Å²) in [5, 5.41) is 3.21. The Labute approximate surface area is 162 Å². The van der Waals surface area contributed by atoms with E-state index in [-0.39, 0.29) is 17.9 Å². The molecule has 1 aromatic carbocycles. The lowest BCUT2D eigenvalue weighted by molar-refractivity contribution is -0.140. The van der Waals surface area contributed by atoms with Gasteiger partial charge in [-0.15, -0.1) is 11.3 Å². The maximum Gasteiger partial charge on any atom is 0.228 e. The number of nitrogens with zero attached hydrogens (tertiary/aromatic N) is 4. The number of rotatable bonds is 3. The minimum atomic E-state index is 0.0645. The van der Waals surface area contributed by atoms with Crippen LogP contribution in [0.2, 0.25) is 0 Å². The average Bonchev–Trinajstić information content (AvgIpc) is 3.04. The summed E-state index contributed by atoms with van der Waals surface area (Å²) in [6.07, 6.45) is 2.05. The van der Waals surface area contributed by atoms with Crippen molar-refractivity contribution >= 4 is 33.8 Å². The fourth-order valence-electron chi connectivity index (χ4n) is 4.48. The quantitative estimate of drug-likeness (QED) is 0.698.